The molecular weight excluding hydrogens is 456 g/mol. The third kappa shape index (κ3) is 5.17. The fourth-order valence-electron chi connectivity index (χ4n) is 4.83. The number of nitro benzene ring substituents is 1. The summed E-state index contributed by atoms with van der Waals surface area (Å²) in [6.07, 6.45) is 0. The average molecular weight is 481 g/mol. The smallest absolute Gasteiger partial charge is 0.270 e. The molecule has 0 bridgehead atoms. The molecular formula is C26H25F2N3O4. The molecule has 2 aliphatic rings. The van der Waals surface area contributed by atoms with E-state index in [1.807, 2.05) is 0 Å². The minimum atomic E-state index is -0.397. The Bertz CT molecular complexity index is 1150. The van der Waals surface area contributed by atoms with E-state index in [-0.39, 0.29) is 36.8 Å². The van der Waals surface area contributed by atoms with Gasteiger partial charge < -0.3 is 9.47 Å². The van der Waals surface area contributed by atoms with E-state index >= 15 is 0 Å². The van der Waals surface area contributed by atoms with Crippen molar-refractivity contribution in [2.75, 3.05) is 33.0 Å². The fraction of sp³-hybridized carbons (Fsp3) is 0.308. The van der Waals surface area contributed by atoms with E-state index in [1.165, 1.54) is 30.3 Å². The third-order valence-corrected chi connectivity index (χ3v) is 6.52. The van der Waals surface area contributed by atoms with Gasteiger partial charge in [-0.15, -0.1) is 0 Å². The second-order valence-electron chi connectivity index (χ2n) is 8.78. The first kappa shape index (κ1) is 23.3. The molecule has 0 aromatic heterocycles. The summed E-state index contributed by atoms with van der Waals surface area (Å²) < 4.78 is 38.1. The van der Waals surface area contributed by atoms with E-state index in [4.69, 9.17) is 9.47 Å². The summed E-state index contributed by atoms with van der Waals surface area (Å²) in [4.78, 5) is 15.6. The van der Waals surface area contributed by atoms with Crippen LogP contribution in [0.25, 0.3) is 0 Å². The molecule has 0 radical (unpaired) electrons. The molecule has 0 saturated carbocycles. The van der Waals surface area contributed by atoms with Crippen LogP contribution in [0.15, 0.2) is 60.7 Å². The highest BCUT2D eigenvalue weighted by molar-refractivity contribution is 5.50. The minimum absolute atomic E-state index is 0.0270. The number of benzene rings is 3. The SMILES string of the molecule is O=[N+]([O-])c1cc2c(c(CN3CCN(C(c4ccc(F)cc4)c4ccc(F)cc4)CC3)c1)OCOC2. The number of hydrogen-bond donors (Lipinski definition) is 0. The molecule has 5 rings (SSSR count). The van der Waals surface area contributed by atoms with E-state index in [2.05, 4.69) is 9.80 Å². The Morgan fingerprint density at radius 3 is 2.09 bits per heavy atom. The first-order valence-electron chi connectivity index (χ1n) is 11.5. The first-order chi connectivity index (χ1) is 17.0. The van der Waals surface area contributed by atoms with Gasteiger partial charge in [0.15, 0.2) is 6.79 Å². The second-order valence-corrected chi connectivity index (χ2v) is 8.78. The lowest BCUT2D eigenvalue weighted by Gasteiger charge is -2.40. The number of ether oxygens (including phenoxy) is 2. The number of rotatable bonds is 6. The fourth-order valence-corrected chi connectivity index (χ4v) is 4.83. The standard InChI is InChI=1S/C26H25F2N3O4/c27-22-5-1-18(2-6-22)25(19-3-7-23(28)8-4-19)30-11-9-29(10-12-30)15-20-13-24(31(32)33)14-21-16-34-17-35-26(20)21/h1-8,13-14,25H,9-12,15-17H2. The van der Waals surface area contributed by atoms with E-state index in [0.29, 0.717) is 17.9 Å². The molecule has 0 atom stereocenters. The van der Waals surface area contributed by atoms with Crippen molar-refractivity contribution in [2.45, 2.75) is 19.2 Å². The topological polar surface area (TPSA) is 68.1 Å². The molecule has 35 heavy (non-hydrogen) atoms. The molecule has 9 heteroatoms. The summed E-state index contributed by atoms with van der Waals surface area (Å²) in [6, 6.07) is 15.8. The molecule has 0 aliphatic carbocycles. The van der Waals surface area contributed by atoms with Crippen molar-refractivity contribution >= 4 is 5.69 Å². The van der Waals surface area contributed by atoms with Crippen LogP contribution < -0.4 is 4.74 Å². The van der Waals surface area contributed by atoms with Crippen LogP contribution >= 0.6 is 0 Å². The van der Waals surface area contributed by atoms with Crippen molar-refractivity contribution in [1.82, 2.24) is 9.80 Å². The van der Waals surface area contributed by atoms with Gasteiger partial charge in [0.05, 0.1) is 17.6 Å². The first-order valence-corrected chi connectivity index (χ1v) is 11.5. The third-order valence-electron chi connectivity index (χ3n) is 6.52. The Morgan fingerprint density at radius 2 is 1.51 bits per heavy atom. The highest BCUT2D eigenvalue weighted by atomic mass is 19.1. The van der Waals surface area contributed by atoms with E-state index in [1.54, 1.807) is 30.3 Å². The van der Waals surface area contributed by atoms with Crippen molar-refractivity contribution in [3.05, 3.63) is 105 Å². The summed E-state index contributed by atoms with van der Waals surface area (Å²) >= 11 is 0. The van der Waals surface area contributed by atoms with Gasteiger partial charge in [0.2, 0.25) is 0 Å². The van der Waals surface area contributed by atoms with Gasteiger partial charge in [0.1, 0.15) is 17.4 Å². The number of hydrogen-bond acceptors (Lipinski definition) is 6. The molecule has 0 spiro atoms. The van der Waals surface area contributed by atoms with Crippen molar-refractivity contribution in [3.8, 4) is 5.75 Å². The lowest BCUT2D eigenvalue weighted by atomic mass is 9.96. The zero-order valence-electron chi connectivity index (χ0n) is 19.0. The van der Waals surface area contributed by atoms with Crippen LogP contribution in [0.3, 0.4) is 0 Å². The maximum absolute atomic E-state index is 13.6. The Labute approximate surface area is 201 Å². The van der Waals surface area contributed by atoms with Crippen LogP contribution in [0, 0.1) is 21.7 Å². The molecule has 1 fully saturated rings. The van der Waals surface area contributed by atoms with Crippen LogP contribution in [-0.4, -0.2) is 47.7 Å². The number of nitrogens with zero attached hydrogens (tertiary/aromatic N) is 3. The zero-order chi connectivity index (χ0) is 24.4. The van der Waals surface area contributed by atoms with Crippen LogP contribution in [-0.2, 0) is 17.9 Å². The van der Waals surface area contributed by atoms with Crippen molar-refractivity contribution in [1.29, 1.82) is 0 Å². The minimum Gasteiger partial charge on any atom is -0.467 e. The molecule has 1 saturated heterocycles. The van der Waals surface area contributed by atoms with Gasteiger partial charge in [0.25, 0.3) is 5.69 Å². The molecule has 2 aliphatic heterocycles. The van der Waals surface area contributed by atoms with E-state index in [0.717, 1.165) is 42.9 Å². The maximum Gasteiger partial charge on any atom is 0.270 e. The summed E-state index contributed by atoms with van der Waals surface area (Å²) in [5, 5.41) is 11.4. The Kier molecular flexibility index (Phi) is 6.72. The quantitative estimate of drug-likeness (QED) is 0.377. The molecule has 0 N–H and O–H groups in total. The molecule has 3 aromatic carbocycles. The van der Waals surface area contributed by atoms with Crippen molar-refractivity contribution in [2.24, 2.45) is 0 Å². The Balaban J connectivity index is 1.34. The highest BCUT2D eigenvalue weighted by Crippen LogP contribution is 2.34. The maximum atomic E-state index is 13.6. The van der Waals surface area contributed by atoms with Crippen LogP contribution in [0.5, 0.6) is 5.75 Å². The summed E-state index contributed by atoms with van der Waals surface area (Å²) in [5.74, 6) is 0.0634. The number of halogens is 2. The molecule has 3 aromatic rings. The number of nitro groups is 1. The summed E-state index contributed by atoms with van der Waals surface area (Å²) in [7, 11) is 0. The normalized spacial score (nSPS) is 16.7. The van der Waals surface area contributed by atoms with E-state index < -0.39 is 4.92 Å². The molecule has 0 amide bonds. The Hall–Kier alpha value is -3.40. The number of non-ortho nitro benzene ring substituents is 1. The molecule has 0 unspecified atom stereocenters. The Morgan fingerprint density at radius 1 is 0.914 bits per heavy atom. The average Bonchev–Trinajstić information content (AvgIpc) is 2.87. The number of piperazine rings is 1. The van der Waals surface area contributed by atoms with Gasteiger partial charge in [-0.25, -0.2) is 8.78 Å². The van der Waals surface area contributed by atoms with Gasteiger partial charge in [-0.05, 0) is 35.4 Å². The summed E-state index contributed by atoms with van der Waals surface area (Å²) in [5.41, 5.74) is 3.37. The molecule has 182 valence electrons. The monoisotopic (exact) mass is 481 g/mol. The van der Waals surface area contributed by atoms with Gasteiger partial charge >= 0.3 is 0 Å². The number of fused-ring (bicyclic) bond motifs is 1. The van der Waals surface area contributed by atoms with Gasteiger partial charge in [0, 0.05) is 56.0 Å². The van der Waals surface area contributed by atoms with Crippen molar-refractivity contribution < 1.29 is 23.2 Å². The van der Waals surface area contributed by atoms with Gasteiger partial charge in [-0.1, -0.05) is 24.3 Å². The highest BCUT2D eigenvalue weighted by Gasteiger charge is 2.28. The molecule has 7 nitrogen and oxygen atoms in total. The van der Waals surface area contributed by atoms with Crippen LogP contribution in [0.2, 0.25) is 0 Å². The second kappa shape index (κ2) is 10.1. The van der Waals surface area contributed by atoms with Gasteiger partial charge in [-0.3, -0.25) is 19.9 Å². The van der Waals surface area contributed by atoms with Crippen LogP contribution in [0.4, 0.5) is 14.5 Å². The molecule has 2 heterocycles. The van der Waals surface area contributed by atoms with Gasteiger partial charge in [-0.2, -0.15) is 0 Å². The zero-order valence-corrected chi connectivity index (χ0v) is 19.0. The predicted molar refractivity (Wildman–Crippen MR) is 125 cm³/mol. The van der Waals surface area contributed by atoms with Crippen LogP contribution in [0.1, 0.15) is 28.3 Å². The van der Waals surface area contributed by atoms with Crippen molar-refractivity contribution in [3.63, 3.8) is 0 Å². The van der Waals surface area contributed by atoms with E-state index in [9.17, 15) is 18.9 Å². The summed E-state index contributed by atoms with van der Waals surface area (Å²) in [6.45, 7) is 3.84. The predicted octanol–water partition coefficient (Wildman–Crippen LogP) is 4.65. The lowest BCUT2D eigenvalue weighted by molar-refractivity contribution is -0.385. The lowest BCUT2D eigenvalue weighted by Crippen LogP contribution is -2.47. The largest absolute Gasteiger partial charge is 0.467 e.